The van der Waals surface area contributed by atoms with Gasteiger partial charge in [0, 0.05) is 24.1 Å². The number of carbonyl (C=O) groups excluding carboxylic acids is 1. The molecule has 0 aromatic heterocycles. The molecule has 0 aliphatic carbocycles. The maximum absolute atomic E-state index is 12.2. The number of hydrogen-bond acceptors (Lipinski definition) is 4. The van der Waals surface area contributed by atoms with Crippen LogP contribution in [0, 0.1) is 13.8 Å². The largest absolute Gasteiger partial charge is 0.495 e. The number of benzene rings is 2. The van der Waals surface area contributed by atoms with E-state index in [2.05, 4.69) is 10.6 Å². The fourth-order valence-corrected chi connectivity index (χ4v) is 2.57. The van der Waals surface area contributed by atoms with Crippen molar-refractivity contribution in [2.75, 3.05) is 31.4 Å². The topological polar surface area (TPSA) is 59.6 Å². The molecule has 0 aliphatic rings. The van der Waals surface area contributed by atoms with E-state index < -0.39 is 0 Å². The van der Waals surface area contributed by atoms with Crippen molar-refractivity contribution in [1.29, 1.82) is 0 Å². The summed E-state index contributed by atoms with van der Waals surface area (Å²) in [7, 11) is 3.17. The molecular weight excluding hydrogens is 340 g/mol. The Kier molecular flexibility index (Phi) is 6.53. The average molecular weight is 363 g/mol. The molecule has 0 saturated carbocycles. The van der Waals surface area contributed by atoms with E-state index in [1.54, 1.807) is 26.4 Å². The van der Waals surface area contributed by atoms with Gasteiger partial charge in [0.2, 0.25) is 5.91 Å². The van der Waals surface area contributed by atoms with Gasteiger partial charge in [-0.05, 0) is 43.2 Å². The molecule has 0 aliphatic heterocycles. The van der Waals surface area contributed by atoms with Crippen LogP contribution in [0.4, 0.5) is 11.4 Å². The first kappa shape index (κ1) is 18.9. The molecule has 2 aromatic carbocycles. The second-order valence-corrected chi connectivity index (χ2v) is 6.14. The Hall–Kier alpha value is -2.40. The smallest absolute Gasteiger partial charge is 0.226 e. The van der Waals surface area contributed by atoms with Crippen molar-refractivity contribution in [3.05, 3.63) is 46.5 Å². The summed E-state index contributed by atoms with van der Waals surface area (Å²) in [5, 5.41) is 6.69. The van der Waals surface area contributed by atoms with Crippen molar-refractivity contribution >= 4 is 28.9 Å². The standard InChI is InChI=1S/C19H23ClN2O3/c1-12-5-6-17(24-3)15(9-12)21-8-7-19(23)22-16-10-13(2)14(20)11-18(16)25-4/h5-6,9-11,21H,7-8H2,1-4H3,(H,22,23). The van der Waals surface area contributed by atoms with E-state index in [-0.39, 0.29) is 5.91 Å². The number of ether oxygens (including phenoxy) is 2. The second kappa shape index (κ2) is 8.62. The van der Waals surface area contributed by atoms with Crippen molar-refractivity contribution in [3.63, 3.8) is 0 Å². The monoisotopic (exact) mass is 362 g/mol. The van der Waals surface area contributed by atoms with Gasteiger partial charge in [-0.3, -0.25) is 4.79 Å². The van der Waals surface area contributed by atoms with Gasteiger partial charge in [0.15, 0.2) is 0 Å². The number of methoxy groups -OCH3 is 2. The highest BCUT2D eigenvalue weighted by atomic mass is 35.5. The normalized spacial score (nSPS) is 10.3. The molecular formula is C19H23ClN2O3. The highest BCUT2D eigenvalue weighted by molar-refractivity contribution is 6.31. The maximum Gasteiger partial charge on any atom is 0.226 e. The van der Waals surface area contributed by atoms with E-state index in [9.17, 15) is 4.79 Å². The molecule has 0 unspecified atom stereocenters. The zero-order valence-electron chi connectivity index (χ0n) is 14.9. The van der Waals surface area contributed by atoms with E-state index in [4.69, 9.17) is 21.1 Å². The predicted octanol–water partition coefficient (Wildman–Crippen LogP) is 4.41. The van der Waals surface area contributed by atoms with Crippen molar-refractivity contribution in [2.24, 2.45) is 0 Å². The Morgan fingerprint density at radius 1 is 1.04 bits per heavy atom. The lowest BCUT2D eigenvalue weighted by atomic mass is 10.2. The highest BCUT2D eigenvalue weighted by Gasteiger charge is 2.11. The summed E-state index contributed by atoms with van der Waals surface area (Å²) in [6, 6.07) is 9.37. The van der Waals surface area contributed by atoms with Gasteiger partial charge in [0.25, 0.3) is 0 Å². The lowest BCUT2D eigenvalue weighted by Crippen LogP contribution is -2.17. The highest BCUT2D eigenvalue weighted by Crippen LogP contribution is 2.31. The minimum absolute atomic E-state index is 0.112. The molecule has 6 heteroatoms. The van der Waals surface area contributed by atoms with Crippen LogP contribution >= 0.6 is 11.6 Å². The second-order valence-electron chi connectivity index (χ2n) is 5.73. The van der Waals surface area contributed by atoms with Gasteiger partial charge in [-0.25, -0.2) is 0 Å². The third kappa shape index (κ3) is 5.03. The van der Waals surface area contributed by atoms with Crippen LogP contribution in [0.15, 0.2) is 30.3 Å². The number of anilines is 2. The van der Waals surface area contributed by atoms with Crippen LogP contribution in [-0.2, 0) is 4.79 Å². The molecule has 2 aromatic rings. The fourth-order valence-electron chi connectivity index (χ4n) is 2.41. The molecule has 0 spiro atoms. The van der Waals surface area contributed by atoms with Gasteiger partial charge in [-0.1, -0.05) is 17.7 Å². The molecule has 0 fully saturated rings. The third-order valence-electron chi connectivity index (χ3n) is 3.78. The maximum atomic E-state index is 12.2. The fraction of sp³-hybridized carbons (Fsp3) is 0.316. The Labute approximate surface area is 153 Å². The quantitative estimate of drug-likeness (QED) is 0.765. The number of halogens is 1. The van der Waals surface area contributed by atoms with Crippen molar-refractivity contribution in [2.45, 2.75) is 20.3 Å². The Morgan fingerprint density at radius 2 is 1.76 bits per heavy atom. The van der Waals surface area contributed by atoms with Crippen LogP contribution in [0.3, 0.4) is 0 Å². The van der Waals surface area contributed by atoms with Gasteiger partial charge in [0.1, 0.15) is 11.5 Å². The number of hydrogen-bond donors (Lipinski definition) is 2. The van der Waals surface area contributed by atoms with Crippen LogP contribution in [0.5, 0.6) is 11.5 Å². The SMILES string of the molecule is COc1ccc(C)cc1NCCC(=O)Nc1cc(C)c(Cl)cc1OC. The summed E-state index contributed by atoms with van der Waals surface area (Å²) in [5.74, 6) is 1.18. The molecule has 0 radical (unpaired) electrons. The Morgan fingerprint density at radius 3 is 2.44 bits per heavy atom. The molecule has 0 bridgehead atoms. The number of nitrogens with one attached hydrogen (secondary N) is 2. The van der Waals surface area contributed by atoms with Gasteiger partial charge < -0.3 is 20.1 Å². The summed E-state index contributed by atoms with van der Waals surface area (Å²) in [6.45, 7) is 4.37. The van der Waals surface area contributed by atoms with Gasteiger partial charge in [0.05, 0.1) is 25.6 Å². The van der Waals surface area contributed by atoms with E-state index in [1.807, 2.05) is 32.0 Å². The molecule has 1 amide bonds. The van der Waals surface area contributed by atoms with Crippen LogP contribution in [-0.4, -0.2) is 26.7 Å². The van der Waals surface area contributed by atoms with Gasteiger partial charge in [-0.2, -0.15) is 0 Å². The van der Waals surface area contributed by atoms with Crippen LogP contribution in [0.2, 0.25) is 5.02 Å². The minimum Gasteiger partial charge on any atom is -0.495 e. The van der Waals surface area contributed by atoms with E-state index in [0.717, 1.165) is 22.6 Å². The van der Waals surface area contributed by atoms with Gasteiger partial charge in [-0.15, -0.1) is 0 Å². The first-order valence-electron chi connectivity index (χ1n) is 7.97. The van der Waals surface area contributed by atoms with Crippen LogP contribution < -0.4 is 20.1 Å². The minimum atomic E-state index is -0.112. The molecule has 25 heavy (non-hydrogen) atoms. The summed E-state index contributed by atoms with van der Waals surface area (Å²) < 4.78 is 10.6. The number of aryl methyl sites for hydroxylation is 2. The zero-order chi connectivity index (χ0) is 18.4. The van der Waals surface area contributed by atoms with Crippen molar-refractivity contribution in [1.82, 2.24) is 0 Å². The molecule has 5 nitrogen and oxygen atoms in total. The van der Waals surface area contributed by atoms with E-state index in [0.29, 0.717) is 29.4 Å². The molecule has 2 rings (SSSR count). The summed E-state index contributed by atoms with van der Waals surface area (Å²) in [4.78, 5) is 12.2. The summed E-state index contributed by atoms with van der Waals surface area (Å²) in [6.07, 6.45) is 0.307. The average Bonchev–Trinajstić information content (AvgIpc) is 2.58. The molecule has 0 saturated heterocycles. The summed E-state index contributed by atoms with van der Waals surface area (Å²) >= 11 is 6.08. The van der Waals surface area contributed by atoms with E-state index in [1.165, 1.54) is 0 Å². The van der Waals surface area contributed by atoms with Crippen LogP contribution in [0.1, 0.15) is 17.5 Å². The number of carbonyl (C=O) groups is 1. The van der Waals surface area contributed by atoms with Crippen molar-refractivity contribution in [3.8, 4) is 11.5 Å². The lowest BCUT2D eigenvalue weighted by Gasteiger charge is -2.14. The predicted molar refractivity (Wildman–Crippen MR) is 102 cm³/mol. The number of rotatable bonds is 7. The zero-order valence-corrected chi connectivity index (χ0v) is 15.7. The Balaban J connectivity index is 1.96. The number of amides is 1. The lowest BCUT2D eigenvalue weighted by molar-refractivity contribution is -0.116. The Bertz CT molecular complexity index is 763. The van der Waals surface area contributed by atoms with Crippen LogP contribution in [0.25, 0.3) is 0 Å². The first-order chi connectivity index (χ1) is 11.9. The van der Waals surface area contributed by atoms with Gasteiger partial charge >= 0.3 is 0 Å². The summed E-state index contributed by atoms with van der Waals surface area (Å²) in [5.41, 5.74) is 3.48. The first-order valence-corrected chi connectivity index (χ1v) is 8.35. The van der Waals surface area contributed by atoms with E-state index >= 15 is 0 Å². The molecule has 0 heterocycles. The molecule has 2 N–H and O–H groups in total. The molecule has 134 valence electrons. The third-order valence-corrected chi connectivity index (χ3v) is 4.18. The van der Waals surface area contributed by atoms with Crippen molar-refractivity contribution < 1.29 is 14.3 Å². The molecule has 0 atom stereocenters.